The Morgan fingerprint density at radius 1 is 1.21 bits per heavy atom. The lowest BCUT2D eigenvalue weighted by Crippen LogP contribution is -2.42. The predicted molar refractivity (Wildman–Crippen MR) is 80.5 cm³/mol. The first-order valence-corrected chi connectivity index (χ1v) is 7.59. The van der Waals surface area contributed by atoms with Crippen molar-refractivity contribution in [2.24, 2.45) is 11.3 Å². The molecule has 0 aromatic heterocycles. The molecule has 0 spiro atoms. The minimum Gasteiger partial charge on any atom is -0.494 e. The molecule has 1 fully saturated rings. The molecule has 1 aliphatic carbocycles. The van der Waals surface area contributed by atoms with Crippen molar-refractivity contribution < 1.29 is 4.74 Å². The molecule has 1 aromatic carbocycles. The summed E-state index contributed by atoms with van der Waals surface area (Å²) in [6.45, 7) is 7.65. The lowest BCUT2D eigenvalue weighted by molar-refractivity contribution is 0.0913. The Labute approximate surface area is 117 Å². The minimum absolute atomic E-state index is 0.504. The molecule has 0 atom stereocenters. The molecular formula is C17H27NO. The summed E-state index contributed by atoms with van der Waals surface area (Å²) in [6, 6.07) is 10.1. The molecule has 1 N–H and O–H groups in total. The van der Waals surface area contributed by atoms with E-state index in [1.807, 2.05) is 30.3 Å². The molecule has 0 bridgehead atoms. The Hall–Kier alpha value is -1.02. The van der Waals surface area contributed by atoms with Crippen molar-refractivity contribution in [2.45, 2.75) is 39.5 Å². The van der Waals surface area contributed by atoms with E-state index in [9.17, 15) is 0 Å². The molecule has 0 heterocycles. The van der Waals surface area contributed by atoms with E-state index >= 15 is 0 Å². The zero-order valence-electron chi connectivity index (χ0n) is 12.3. The normalized spacial score (nSPS) is 17.2. The summed E-state index contributed by atoms with van der Waals surface area (Å²) in [5, 5.41) is 3.62. The van der Waals surface area contributed by atoms with E-state index in [0.29, 0.717) is 5.41 Å². The maximum atomic E-state index is 5.84. The SMILES string of the molecule is CC(C)CNCC1(CCOc2ccccc2)CCC1. The van der Waals surface area contributed by atoms with Crippen LogP contribution < -0.4 is 10.1 Å². The fourth-order valence-corrected chi connectivity index (χ4v) is 2.72. The van der Waals surface area contributed by atoms with Crippen molar-refractivity contribution in [2.75, 3.05) is 19.7 Å². The molecule has 2 heteroatoms. The standard InChI is InChI=1S/C17H27NO/c1-15(2)13-18-14-17(9-6-10-17)11-12-19-16-7-4-3-5-8-16/h3-5,7-8,15,18H,6,9-14H2,1-2H3. The molecule has 0 aliphatic heterocycles. The summed E-state index contributed by atoms with van der Waals surface area (Å²) in [5.41, 5.74) is 0.504. The number of ether oxygens (including phenoxy) is 1. The third-order valence-corrected chi connectivity index (χ3v) is 4.11. The quantitative estimate of drug-likeness (QED) is 0.767. The molecule has 0 saturated heterocycles. The molecule has 19 heavy (non-hydrogen) atoms. The van der Waals surface area contributed by atoms with Crippen LogP contribution in [0.5, 0.6) is 5.75 Å². The fourth-order valence-electron chi connectivity index (χ4n) is 2.72. The first kappa shape index (κ1) is 14.4. The van der Waals surface area contributed by atoms with E-state index in [0.717, 1.165) is 31.4 Å². The fraction of sp³-hybridized carbons (Fsp3) is 0.647. The van der Waals surface area contributed by atoms with Crippen molar-refractivity contribution >= 4 is 0 Å². The van der Waals surface area contributed by atoms with E-state index in [1.54, 1.807) is 0 Å². The largest absolute Gasteiger partial charge is 0.494 e. The second-order valence-electron chi connectivity index (χ2n) is 6.29. The highest BCUT2D eigenvalue weighted by atomic mass is 16.5. The number of rotatable bonds is 8. The lowest BCUT2D eigenvalue weighted by Gasteiger charge is -2.42. The van der Waals surface area contributed by atoms with Gasteiger partial charge in [0.15, 0.2) is 0 Å². The summed E-state index contributed by atoms with van der Waals surface area (Å²) in [5.74, 6) is 1.73. The van der Waals surface area contributed by atoms with Gasteiger partial charge in [0.05, 0.1) is 6.61 Å². The van der Waals surface area contributed by atoms with Crippen LogP contribution in [-0.4, -0.2) is 19.7 Å². The van der Waals surface area contributed by atoms with Crippen LogP contribution in [0.2, 0.25) is 0 Å². The average Bonchev–Trinajstić information content (AvgIpc) is 2.36. The van der Waals surface area contributed by atoms with Crippen LogP contribution in [0.25, 0.3) is 0 Å². The zero-order valence-corrected chi connectivity index (χ0v) is 12.3. The van der Waals surface area contributed by atoms with Gasteiger partial charge in [-0.15, -0.1) is 0 Å². The Bertz CT molecular complexity index is 357. The lowest BCUT2D eigenvalue weighted by atomic mass is 9.66. The molecule has 0 unspecified atom stereocenters. The number of benzene rings is 1. The second kappa shape index (κ2) is 6.95. The van der Waals surface area contributed by atoms with Crippen LogP contribution in [0.4, 0.5) is 0 Å². The Morgan fingerprint density at radius 2 is 1.95 bits per heavy atom. The van der Waals surface area contributed by atoms with Gasteiger partial charge in [0.1, 0.15) is 5.75 Å². The maximum absolute atomic E-state index is 5.84. The van der Waals surface area contributed by atoms with E-state index in [2.05, 4.69) is 19.2 Å². The van der Waals surface area contributed by atoms with Gasteiger partial charge in [-0.2, -0.15) is 0 Å². The van der Waals surface area contributed by atoms with Gasteiger partial charge in [-0.1, -0.05) is 38.5 Å². The van der Waals surface area contributed by atoms with Crippen molar-refractivity contribution in [3.8, 4) is 5.75 Å². The summed E-state index contributed by atoms with van der Waals surface area (Å²) < 4.78 is 5.84. The van der Waals surface area contributed by atoms with Gasteiger partial charge in [-0.05, 0) is 49.3 Å². The number of para-hydroxylation sites is 1. The summed E-state index contributed by atoms with van der Waals surface area (Å²) in [4.78, 5) is 0. The summed E-state index contributed by atoms with van der Waals surface area (Å²) in [7, 11) is 0. The number of hydrogen-bond acceptors (Lipinski definition) is 2. The van der Waals surface area contributed by atoms with Gasteiger partial charge in [-0.3, -0.25) is 0 Å². The van der Waals surface area contributed by atoms with Gasteiger partial charge in [-0.25, -0.2) is 0 Å². The molecular weight excluding hydrogens is 234 g/mol. The zero-order chi connectivity index (χ0) is 13.6. The third kappa shape index (κ3) is 4.54. The van der Waals surface area contributed by atoms with Gasteiger partial charge < -0.3 is 10.1 Å². The highest BCUT2D eigenvalue weighted by Gasteiger charge is 2.36. The Balaban J connectivity index is 1.70. The van der Waals surface area contributed by atoms with Crippen molar-refractivity contribution in [1.82, 2.24) is 5.32 Å². The average molecular weight is 261 g/mol. The van der Waals surface area contributed by atoms with Gasteiger partial charge >= 0.3 is 0 Å². The van der Waals surface area contributed by atoms with E-state index in [1.165, 1.54) is 25.7 Å². The van der Waals surface area contributed by atoms with Crippen LogP contribution in [0.15, 0.2) is 30.3 Å². The second-order valence-corrected chi connectivity index (χ2v) is 6.29. The molecule has 1 saturated carbocycles. The van der Waals surface area contributed by atoms with E-state index in [-0.39, 0.29) is 0 Å². The van der Waals surface area contributed by atoms with Crippen molar-refractivity contribution in [1.29, 1.82) is 0 Å². The molecule has 106 valence electrons. The third-order valence-electron chi connectivity index (χ3n) is 4.11. The highest BCUT2D eigenvalue weighted by Crippen LogP contribution is 2.43. The van der Waals surface area contributed by atoms with Crippen LogP contribution >= 0.6 is 0 Å². The minimum atomic E-state index is 0.504. The molecule has 1 aliphatic rings. The summed E-state index contributed by atoms with van der Waals surface area (Å²) in [6.07, 6.45) is 5.27. The highest BCUT2D eigenvalue weighted by molar-refractivity contribution is 5.20. The van der Waals surface area contributed by atoms with E-state index in [4.69, 9.17) is 4.74 Å². The monoisotopic (exact) mass is 261 g/mol. The molecule has 0 radical (unpaired) electrons. The summed E-state index contributed by atoms with van der Waals surface area (Å²) >= 11 is 0. The van der Waals surface area contributed by atoms with Gasteiger partial charge in [0.2, 0.25) is 0 Å². The Kier molecular flexibility index (Phi) is 5.26. The molecule has 2 nitrogen and oxygen atoms in total. The van der Waals surface area contributed by atoms with Crippen LogP contribution in [0.3, 0.4) is 0 Å². The molecule has 1 aromatic rings. The first-order chi connectivity index (χ1) is 9.20. The van der Waals surface area contributed by atoms with Gasteiger partial charge in [0.25, 0.3) is 0 Å². The number of hydrogen-bond donors (Lipinski definition) is 1. The van der Waals surface area contributed by atoms with Crippen LogP contribution in [-0.2, 0) is 0 Å². The first-order valence-electron chi connectivity index (χ1n) is 7.59. The van der Waals surface area contributed by atoms with E-state index < -0.39 is 0 Å². The maximum Gasteiger partial charge on any atom is 0.119 e. The topological polar surface area (TPSA) is 21.3 Å². The Morgan fingerprint density at radius 3 is 2.53 bits per heavy atom. The van der Waals surface area contributed by atoms with Crippen LogP contribution in [0, 0.1) is 11.3 Å². The number of nitrogens with one attached hydrogen (secondary N) is 1. The van der Waals surface area contributed by atoms with Gasteiger partial charge in [0, 0.05) is 6.54 Å². The predicted octanol–water partition coefficient (Wildman–Crippen LogP) is 3.87. The molecule has 2 rings (SSSR count). The van der Waals surface area contributed by atoms with Crippen LogP contribution in [0.1, 0.15) is 39.5 Å². The van der Waals surface area contributed by atoms with Crippen molar-refractivity contribution in [3.05, 3.63) is 30.3 Å². The smallest absolute Gasteiger partial charge is 0.119 e. The van der Waals surface area contributed by atoms with Crippen molar-refractivity contribution in [3.63, 3.8) is 0 Å². The molecule has 0 amide bonds.